The number of hydrogen-bond donors (Lipinski definition) is 0. The second-order valence-electron chi connectivity index (χ2n) is 3.42. The van der Waals surface area contributed by atoms with Crippen LogP contribution in [0.15, 0.2) is 24.3 Å². The quantitative estimate of drug-likeness (QED) is 0.540. The number of alkyl halides is 1. The van der Waals surface area contributed by atoms with Crippen molar-refractivity contribution in [1.82, 2.24) is 0 Å². The third-order valence-electron chi connectivity index (χ3n) is 2.14. The van der Waals surface area contributed by atoms with Crippen molar-refractivity contribution in [2.45, 2.75) is 31.6 Å². The molecule has 2 heteroatoms. The van der Waals surface area contributed by atoms with E-state index in [1.165, 1.54) is 5.56 Å². The van der Waals surface area contributed by atoms with Gasteiger partial charge in [-0.25, -0.2) is 0 Å². The molecule has 0 saturated carbocycles. The number of carbonyl (C=O) groups is 1. The molecule has 0 radical (unpaired) electrons. The van der Waals surface area contributed by atoms with Gasteiger partial charge in [0.15, 0.2) is 0 Å². The summed E-state index contributed by atoms with van der Waals surface area (Å²) in [5.74, 6) is 0. The molecular formula is C12H15ClO. The summed E-state index contributed by atoms with van der Waals surface area (Å²) in [6.07, 6.45) is 3.67. The van der Waals surface area contributed by atoms with Gasteiger partial charge in [0.05, 0.1) is 5.38 Å². The van der Waals surface area contributed by atoms with E-state index in [1.54, 1.807) is 0 Å². The minimum Gasteiger partial charge on any atom is -0.302 e. The summed E-state index contributed by atoms with van der Waals surface area (Å²) < 4.78 is 0. The van der Waals surface area contributed by atoms with E-state index in [0.29, 0.717) is 6.42 Å². The fraction of sp³-hybridized carbons (Fsp3) is 0.417. The van der Waals surface area contributed by atoms with E-state index >= 15 is 0 Å². The summed E-state index contributed by atoms with van der Waals surface area (Å²) >= 11 is 5.73. The van der Waals surface area contributed by atoms with Crippen LogP contribution in [-0.4, -0.2) is 11.7 Å². The van der Waals surface area contributed by atoms with Gasteiger partial charge in [-0.1, -0.05) is 37.6 Å². The summed E-state index contributed by atoms with van der Waals surface area (Å²) in [5.41, 5.74) is 2.46. The largest absolute Gasteiger partial charge is 0.302 e. The van der Waals surface area contributed by atoms with Crippen molar-refractivity contribution in [3.05, 3.63) is 35.4 Å². The van der Waals surface area contributed by atoms with Gasteiger partial charge in [0, 0.05) is 0 Å². The number of aldehydes is 1. The van der Waals surface area contributed by atoms with Gasteiger partial charge in [0.2, 0.25) is 0 Å². The molecule has 0 heterocycles. The Morgan fingerprint density at radius 2 is 1.86 bits per heavy atom. The SMILES string of the molecule is CCCc1ccc(CC(Cl)C=O)cc1. The van der Waals surface area contributed by atoms with Crippen LogP contribution < -0.4 is 0 Å². The highest BCUT2D eigenvalue weighted by Crippen LogP contribution is 2.10. The normalized spacial score (nSPS) is 12.4. The Labute approximate surface area is 90.1 Å². The van der Waals surface area contributed by atoms with Crippen molar-refractivity contribution in [2.75, 3.05) is 0 Å². The molecule has 0 N–H and O–H groups in total. The number of halogens is 1. The van der Waals surface area contributed by atoms with Crippen LogP contribution in [0.3, 0.4) is 0 Å². The van der Waals surface area contributed by atoms with Gasteiger partial charge >= 0.3 is 0 Å². The second-order valence-corrected chi connectivity index (χ2v) is 3.98. The van der Waals surface area contributed by atoms with E-state index in [4.69, 9.17) is 11.6 Å². The van der Waals surface area contributed by atoms with Gasteiger partial charge in [0.1, 0.15) is 6.29 Å². The van der Waals surface area contributed by atoms with Gasteiger partial charge in [-0.05, 0) is 24.0 Å². The monoisotopic (exact) mass is 210 g/mol. The van der Waals surface area contributed by atoms with Gasteiger partial charge in [-0.15, -0.1) is 11.6 Å². The molecule has 0 fully saturated rings. The maximum atomic E-state index is 10.3. The maximum absolute atomic E-state index is 10.3. The highest BCUT2D eigenvalue weighted by Gasteiger charge is 2.03. The lowest BCUT2D eigenvalue weighted by molar-refractivity contribution is -0.107. The second kappa shape index (κ2) is 5.82. The van der Waals surface area contributed by atoms with E-state index in [2.05, 4.69) is 19.1 Å². The number of rotatable bonds is 5. The molecule has 0 aromatic heterocycles. The van der Waals surface area contributed by atoms with Crippen molar-refractivity contribution in [1.29, 1.82) is 0 Å². The predicted molar refractivity (Wildman–Crippen MR) is 59.8 cm³/mol. The molecule has 0 spiro atoms. The lowest BCUT2D eigenvalue weighted by Gasteiger charge is -2.03. The smallest absolute Gasteiger partial charge is 0.138 e. The first-order valence-electron chi connectivity index (χ1n) is 4.93. The molecule has 0 bridgehead atoms. The minimum atomic E-state index is -0.396. The van der Waals surface area contributed by atoms with Crippen LogP contribution in [0.5, 0.6) is 0 Å². The Balaban J connectivity index is 2.59. The van der Waals surface area contributed by atoms with Gasteiger partial charge in [-0.2, -0.15) is 0 Å². The maximum Gasteiger partial charge on any atom is 0.138 e. The van der Waals surface area contributed by atoms with Crippen molar-refractivity contribution >= 4 is 17.9 Å². The first kappa shape index (κ1) is 11.3. The first-order chi connectivity index (χ1) is 6.76. The molecule has 0 aliphatic heterocycles. The molecule has 1 atom stereocenters. The average Bonchev–Trinajstić information content (AvgIpc) is 2.21. The zero-order valence-electron chi connectivity index (χ0n) is 8.37. The first-order valence-corrected chi connectivity index (χ1v) is 5.37. The molecule has 76 valence electrons. The van der Waals surface area contributed by atoms with Crippen LogP contribution >= 0.6 is 11.6 Å². The Hall–Kier alpha value is -0.820. The van der Waals surface area contributed by atoms with Crippen LogP contribution in [0.25, 0.3) is 0 Å². The van der Waals surface area contributed by atoms with Crippen LogP contribution in [-0.2, 0) is 17.6 Å². The summed E-state index contributed by atoms with van der Waals surface area (Å²) in [7, 11) is 0. The van der Waals surface area contributed by atoms with Crippen LogP contribution in [0, 0.1) is 0 Å². The summed E-state index contributed by atoms with van der Waals surface area (Å²) in [5, 5.41) is -0.396. The van der Waals surface area contributed by atoms with Crippen molar-refractivity contribution in [2.24, 2.45) is 0 Å². The number of hydrogen-bond acceptors (Lipinski definition) is 1. The summed E-state index contributed by atoms with van der Waals surface area (Å²) in [6.45, 7) is 2.16. The molecule has 0 amide bonds. The summed E-state index contributed by atoms with van der Waals surface area (Å²) in [4.78, 5) is 10.3. The van der Waals surface area contributed by atoms with E-state index in [1.807, 2.05) is 12.1 Å². The molecule has 0 saturated heterocycles. The predicted octanol–water partition coefficient (Wildman–Crippen LogP) is 2.99. The lowest BCUT2D eigenvalue weighted by atomic mass is 10.1. The number of aryl methyl sites for hydroxylation is 1. The van der Waals surface area contributed by atoms with Gasteiger partial charge in [-0.3, -0.25) is 0 Å². The van der Waals surface area contributed by atoms with E-state index < -0.39 is 5.38 Å². The molecule has 0 aliphatic rings. The number of benzene rings is 1. The van der Waals surface area contributed by atoms with Gasteiger partial charge in [0.25, 0.3) is 0 Å². The third kappa shape index (κ3) is 3.51. The molecule has 1 aromatic rings. The molecule has 14 heavy (non-hydrogen) atoms. The highest BCUT2D eigenvalue weighted by atomic mass is 35.5. The van der Waals surface area contributed by atoms with Crippen molar-refractivity contribution in [3.8, 4) is 0 Å². The van der Waals surface area contributed by atoms with Crippen LogP contribution in [0.1, 0.15) is 24.5 Å². The number of carbonyl (C=O) groups excluding carboxylic acids is 1. The average molecular weight is 211 g/mol. The minimum absolute atomic E-state index is 0.396. The molecule has 1 rings (SSSR count). The molecule has 1 nitrogen and oxygen atoms in total. The zero-order chi connectivity index (χ0) is 10.4. The third-order valence-corrected chi connectivity index (χ3v) is 2.40. The topological polar surface area (TPSA) is 17.1 Å². The molecule has 1 aromatic carbocycles. The Kier molecular flexibility index (Phi) is 4.68. The Bertz CT molecular complexity index is 279. The van der Waals surface area contributed by atoms with E-state index in [0.717, 1.165) is 24.7 Å². The zero-order valence-corrected chi connectivity index (χ0v) is 9.13. The molecular weight excluding hydrogens is 196 g/mol. The summed E-state index contributed by atoms with van der Waals surface area (Å²) in [6, 6.07) is 8.30. The Morgan fingerprint density at radius 3 is 2.36 bits per heavy atom. The standard InChI is InChI=1S/C12H15ClO/c1-2-3-10-4-6-11(7-5-10)8-12(13)9-14/h4-7,9,12H,2-3,8H2,1H3. The van der Waals surface area contributed by atoms with Crippen molar-refractivity contribution in [3.63, 3.8) is 0 Å². The van der Waals surface area contributed by atoms with Crippen LogP contribution in [0.2, 0.25) is 0 Å². The lowest BCUT2D eigenvalue weighted by Crippen LogP contribution is -2.04. The molecule has 1 unspecified atom stereocenters. The van der Waals surface area contributed by atoms with E-state index in [-0.39, 0.29) is 0 Å². The highest BCUT2D eigenvalue weighted by molar-refractivity contribution is 6.27. The van der Waals surface area contributed by atoms with E-state index in [9.17, 15) is 4.79 Å². The Morgan fingerprint density at radius 1 is 1.29 bits per heavy atom. The van der Waals surface area contributed by atoms with Gasteiger partial charge < -0.3 is 4.79 Å². The van der Waals surface area contributed by atoms with Crippen LogP contribution in [0.4, 0.5) is 0 Å². The fourth-order valence-corrected chi connectivity index (χ4v) is 1.58. The molecule has 0 aliphatic carbocycles. The van der Waals surface area contributed by atoms with Crippen molar-refractivity contribution < 1.29 is 4.79 Å². The fourth-order valence-electron chi connectivity index (χ4n) is 1.40.